The third kappa shape index (κ3) is 10.00. The van der Waals surface area contributed by atoms with Crippen molar-refractivity contribution in [2.45, 2.75) is 63.7 Å². The summed E-state index contributed by atoms with van der Waals surface area (Å²) in [6.07, 6.45) is -3.26. The van der Waals surface area contributed by atoms with E-state index in [-0.39, 0.29) is 29.7 Å². The summed E-state index contributed by atoms with van der Waals surface area (Å²) in [6, 6.07) is 20.9. The maximum absolute atomic E-state index is 13.8. The number of carbonyl (C=O) groups excluding carboxylic acids is 2. The van der Waals surface area contributed by atoms with Crippen LogP contribution in [0.15, 0.2) is 78.9 Å². The lowest BCUT2D eigenvalue weighted by Gasteiger charge is -2.23. The number of amides is 2. The van der Waals surface area contributed by atoms with Gasteiger partial charge in [0.05, 0.1) is 17.5 Å². The second kappa shape index (κ2) is 14.9. The van der Waals surface area contributed by atoms with Crippen LogP contribution in [0.4, 0.5) is 23.7 Å². The molecule has 4 N–H and O–H groups in total. The fourth-order valence-corrected chi connectivity index (χ4v) is 5.78. The Kier molecular flexibility index (Phi) is 10.9. The summed E-state index contributed by atoms with van der Waals surface area (Å²) < 4.78 is 69.1. The summed E-state index contributed by atoms with van der Waals surface area (Å²) in [5.74, 6) is -0.354. The van der Waals surface area contributed by atoms with Crippen LogP contribution in [-0.4, -0.2) is 42.7 Å². The molecular weight excluding hydrogens is 659 g/mol. The van der Waals surface area contributed by atoms with E-state index in [9.17, 15) is 31.5 Å². The largest absolute Gasteiger partial charge is 0.444 e. The van der Waals surface area contributed by atoms with Crippen molar-refractivity contribution >= 4 is 28.8 Å². The van der Waals surface area contributed by atoms with Gasteiger partial charge in [-0.15, -0.1) is 0 Å². The number of nitrogens with zero attached hydrogens (tertiary/aromatic N) is 2. The van der Waals surface area contributed by atoms with Crippen molar-refractivity contribution in [3.63, 3.8) is 0 Å². The number of halogens is 3. The van der Waals surface area contributed by atoms with Gasteiger partial charge in [-0.2, -0.15) is 18.3 Å². The predicted octanol–water partition coefficient (Wildman–Crippen LogP) is 6.98. The Morgan fingerprint density at radius 3 is 2.45 bits per heavy atom. The van der Waals surface area contributed by atoms with Gasteiger partial charge in [-0.3, -0.25) is 4.79 Å². The lowest BCUT2D eigenvalue weighted by Crippen LogP contribution is -2.32. The van der Waals surface area contributed by atoms with Crippen molar-refractivity contribution in [2.75, 3.05) is 11.9 Å². The molecule has 1 aliphatic carbocycles. The van der Waals surface area contributed by atoms with Crippen LogP contribution in [0.5, 0.6) is 0 Å². The summed E-state index contributed by atoms with van der Waals surface area (Å²) in [4.78, 5) is 25.8. The summed E-state index contributed by atoms with van der Waals surface area (Å²) in [5.41, 5.74) is 1.00. The Labute approximate surface area is 284 Å². The highest BCUT2D eigenvalue weighted by Gasteiger charge is 2.36. The standard InChI is InChI=1S/C35H38F3N5O5S/c1-34(2,3)48-33(45)40-20-23-8-6-12-27(16-23)43-29(18-30(42-43)35(36,37)38)32(44)41-26-11-7-10-24(17-26)31(39-19-22-14-15-22)28-13-5-4-9-25(28)21-49(46)47/h4-13,16-18,22,31,39H,14-15,19-21H2,1-3H3,(H,40,45)(H,41,44)(H,46,47). The van der Waals surface area contributed by atoms with Crippen molar-refractivity contribution in [3.05, 3.63) is 113 Å². The predicted molar refractivity (Wildman–Crippen MR) is 180 cm³/mol. The van der Waals surface area contributed by atoms with Gasteiger partial charge in [-0.05, 0) is 92.6 Å². The Hall–Kier alpha value is -4.53. The molecule has 0 radical (unpaired) electrons. The van der Waals surface area contributed by atoms with E-state index in [0.717, 1.165) is 35.2 Å². The van der Waals surface area contributed by atoms with Crippen LogP contribution >= 0.6 is 0 Å². The minimum absolute atomic E-state index is 0.0256. The first-order chi connectivity index (χ1) is 23.2. The van der Waals surface area contributed by atoms with Crippen LogP contribution in [0, 0.1) is 5.92 Å². The maximum atomic E-state index is 13.8. The zero-order valence-corrected chi connectivity index (χ0v) is 28.0. The van der Waals surface area contributed by atoms with E-state index in [1.54, 1.807) is 63.2 Å². The molecule has 10 nitrogen and oxygen atoms in total. The molecule has 2 amide bonds. The molecule has 1 fully saturated rings. The van der Waals surface area contributed by atoms with E-state index in [1.165, 1.54) is 12.1 Å². The number of alkyl halides is 3. The Balaban J connectivity index is 1.42. The zero-order valence-electron chi connectivity index (χ0n) is 27.2. The molecule has 4 aromatic rings. The highest BCUT2D eigenvalue weighted by atomic mass is 32.2. The molecule has 0 bridgehead atoms. The van der Waals surface area contributed by atoms with Crippen LogP contribution < -0.4 is 16.0 Å². The number of rotatable bonds is 12. The number of carbonyl (C=O) groups is 2. The number of alkyl carbamates (subject to hydrolysis) is 1. The fourth-order valence-electron chi connectivity index (χ4n) is 5.25. The molecule has 1 heterocycles. The fraction of sp³-hybridized carbons (Fsp3) is 0.343. The molecule has 3 aromatic carbocycles. The van der Waals surface area contributed by atoms with Crippen molar-refractivity contribution < 1.29 is 36.3 Å². The number of hydrogen-bond acceptors (Lipinski definition) is 6. The van der Waals surface area contributed by atoms with Crippen molar-refractivity contribution in [3.8, 4) is 5.69 Å². The molecule has 0 aliphatic heterocycles. The van der Waals surface area contributed by atoms with Crippen LogP contribution in [0.25, 0.3) is 5.69 Å². The SMILES string of the molecule is CC(C)(C)OC(=O)NCc1cccc(-n2nc(C(F)(F)F)cc2C(=O)Nc2cccc(C(NCC3CC3)c3ccccc3CS(=O)O)c2)c1. The van der Waals surface area contributed by atoms with Gasteiger partial charge >= 0.3 is 12.3 Å². The monoisotopic (exact) mass is 697 g/mol. The third-order valence-electron chi connectivity index (χ3n) is 7.65. The number of nitrogens with one attached hydrogen (secondary N) is 3. The van der Waals surface area contributed by atoms with Crippen LogP contribution in [-0.2, 0) is 34.3 Å². The highest BCUT2D eigenvalue weighted by molar-refractivity contribution is 7.78. The smallest absolute Gasteiger partial charge is 0.435 e. The first-order valence-electron chi connectivity index (χ1n) is 15.7. The van der Waals surface area contributed by atoms with Gasteiger partial charge in [-0.25, -0.2) is 13.7 Å². The van der Waals surface area contributed by atoms with Gasteiger partial charge in [0, 0.05) is 18.3 Å². The molecule has 2 unspecified atom stereocenters. The van der Waals surface area contributed by atoms with E-state index < -0.39 is 40.6 Å². The second-order valence-corrected chi connectivity index (χ2v) is 13.8. The maximum Gasteiger partial charge on any atom is 0.435 e. The van der Waals surface area contributed by atoms with Gasteiger partial charge in [0.15, 0.2) is 16.8 Å². The number of hydrogen-bond donors (Lipinski definition) is 4. The molecule has 5 rings (SSSR count). The molecule has 1 aromatic heterocycles. The zero-order chi connectivity index (χ0) is 35.3. The topological polar surface area (TPSA) is 135 Å². The third-order valence-corrected chi connectivity index (χ3v) is 8.21. The van der Waals surface area contributed by atoms with Crippen LogP contribution in [0.2, 0.25) is 0 Å². The van der Waals surface area contributed by atoms with Gasteiger partial charge in [0.1, 0.15) is 11.3 Å². The molecule has 14 heteroatoms. The lowest BCUT2D eigenvalue weighted by molar-refractivity contribution is -0.141. The molecule has 0 spiro atoms. The van der Waals surface area contributed by atoms with Crippen molar-refractivity contribution in [2.24, 2.45) is 5.92 Å². The van der Waals surface area contributed by atoms with Gasteiger partial charge in [0.25, 0.3) is 5.91 Å². The first-order valence-corrected chi connectivity index (χ1v) is 17.0. The Morgan fingerprint density at radius 1 is 1.02 bits per heavy atom. The van der Waals surface area contributed by atoms with Gasteiger partial charge < -0.3 is 25.2 Å². The van der Waals surface area contributed by atoms with Crippen LogP contribution in [0.3, 0.4) is 0 Å². The van der Waals surface area contributed by atoms with Gasteiger partial charge in [0.2, 0.25) is 0 Å². The van der Waals surface area contributed by atoms with Gasteiger partial charge in [-0.1, -0.05) is 48.5 Å². The molecule has 1 saturated carbocycles. The highest BCUT2D eigenvalue weighted by Crippen LogP contribution is 2.33. The summed E-state index contributed by atoms with van der Waals surface area (Å²) in [6.45, 7) is 5.91. The average Bonchev–Trinajstić information content (AvgIpc) is 3.73. The van der Waals surface area contributed by atoms with Crippen molar-refractivity contribution in [1.82, 2.24) is 20.4 Å². The van der Waals surface area contributed by atoms with Crippen molar-refractivity contribution in [1.29, 1.82) is 0 Å². The molecular formula is C35H38F3N5O5S. The number of anilines is 1. The minimum Gasteiger partial charge on any atom is -0.444 e. The number of benzene rings is 3. The normalized spacial score (nSPS) is 14.6. The molecule has 49 heavy (non-hydrogen) atoms. The first kappa shape index (κ1) is 35.8. The van der Waals surface area contributed by atoms with E-state index in [0.29, 0.717) is 28.8 Å². The molecule has 1 aliphatic rings. The molecule has 260 valence electrons. The molecule has 2 atom stereocenters. The van der Waals surface area contributed by atoms with E-state index >= 15 is 0 Å². The van der Waals surface area contributed by atoms with E-state index in [4.69, 9.17) is 4.74 Å². The average molecular weight is 698 g/mol. The number of ether oxygens (including phenoxy) is 1. The summed E-state index contributed by atoms with van der Waals surface area (Å²) in [7, 11) is 0. The van der Waals surface area contributed by atoms with E-state index in [2.05, 4.69) is 21.0 Å². The van der Waals surface area contributed by atoms with E-state index in [1.807, 2.05) is 18.2 Å². The molecule has 0 saturated heterocycles. The Bertz CT molecular complexity index is 1830. The second-order valence-electron chi connectivity index (χ2n) is 12.9. The van der Waals surface area contributed by atoms with Crippen LogP contribution in [0.1, 0.15) is 78.1 Å². The number of aromatic nitrogens is 2. The lowest BCUT2D eigenvalue weighted by atomic mass is 9.94. The minimum atomic E-state index is -4.82. The summed E-state index contributed by atoms with van der Waals surface area (Å²) in [5, 5.41) is 12.6. The summed E-state index contributed by atoms with van der Waals surface area (Å²) >= 11 is -2.06. The quantitative estimate of drug-likeness (QED) is 0.117. The Morgan fingerprint density at radius 2 is 1.76 bits per heavy atom.